The molecule has 0 unspecified atom stereocenters. The van der Waals surface area contributed by atoms with Crippen LogP contribution in [0.15, 0.2) is 268 Å². The molecule has 1 aromatic heterocycles. The lowest BCUT2D eigenvalue weighted by atomic mass is 10.1. The highest BCUT2D eigenvalue weighted by Gasteiger charge is 2.08. The molecule has 0 aliphatic heterocycles. The van der Waals surface area contributed by atoms with Gasteiger partial charge in [-0.3, -0.25) is 0 Å². The highest BCUT2D eigenvalue weighted by Crippen LogP contribution is 2.19. The largest absolute Gasteiger partial charge is 0.505 e. The molecule has 10 aromatic rings. The van der Waals surface area contributed by atoms with Gasteiger partial charge in [0.15, 0.2) is 0 Å². The average Bonchev–Trinajstić information content (AvgIpc) is 3.97. The summed E-state index contributed by atoms with van der Waals surface area (Å²) in [6.07, 6.45) is 16.6. The summed E-state index contributed by atoms with van der Waals surface area (Å²) in [7, 11) is 8.01. The average molecular weight is 1000 g/mol. The molecule has 0 amide bonds. The molecule has 7 heteroatoms. The van der Waals surface area contributed by atoms with Crippen molar-refractivity contribution in [2.75, 3.05) is 35.5 Å². The van der Waals surface area contributed by atoms with Crippen molar-refractivity contribution < 1.29 is 28.5 Å². The topological polar surface area (TPSA) is 79.0 Å². The first-order valence-electron chi connectivity index (χ1n) is 24.5. The molecular formula is C68H73NO6. The molecule has 0 fully saturated rings. The Hall–Kier alpha value is -8.91. The Labute approximate surface area is 445 Å². The SMILES string of the molecule is CC=CC.CC=COC.COC(=O)c1cccc2ccccc12.COC=Cc1ccc2ccccc2c1.COC=Cc1ccccc1.COCc1ccccc1.c1ccc2[nH]ccc2c1.c1ccc2ccccc2c1. The van der Waals surface area contributed by atoms with Gasteiger partial charge in [0.1, 0.15) is 0 Å². The van der Waals surface area contributed by atoms with Gasteiger partial charge >= 0.3 is 5.97 Å². The summed E-state index contributed by atoms with van der Waals surface area (Å²) in [5, 5.41) is 8.40. The fourth-order valence-electron chi connectivity index (χ4n) is 6.69. The van der Waals surface area contributed by atoms with Crippen LogP contribution in [0.4, 0.5) is 0 Å². The third-order valence-electron chi connectivity index (χ3n) is 10.4. The molecule has 10 rings (SSSR count). The van der Waals surface area contributed by atoms with Crippen LogP contribution < -0.4 is 0 Å². The second-order valence-electron chi connectivity index (χ2n) is 15.8. The lowest BCUT2D eigenvalue weighted by Crippen LogP contribution is -2.01. The Morgan fingerprint density at radius 3 is 1.39 bits per heavy atom. The van der Waals surface area contributed by atoms with Gasteiger partial charge in [-0.1, -0.05) is 218 Å². The maximum absolute atomic E-state index is 11.4. The molecule has 7 nitrogen and oxygen atoms in total. The second-order valence-corrected chi connectivity index (χ2v) is 15.8. The Morgan fingerprint density at radius 2 is 0.880 bits per heavy atom. The molecule has 1 heterocycles. The number of rotatable bonds is 8. The van der Waals surface area contributed by atoms with E-state index in [4.69, 9.17) is 18.9 Å². The van der Waals surface area contributed by atoms with Crippen LogP contribution in [0.2, 0.25) is 0 Å². The molecule has 1 N–H and O–H groups in total. The van der Waals surface area contributed by atoms with E-state index in [1.807, 2.05) is 179 Å². The molecular weight excluding hydrogens is 927 g/mol. The minimum atomic E-state index is -0.290. The van der Waals surface area contributed by atoms with Crippen LogP contribution in [0.3, 0.4) is 0 Å². The number of allylic oxidation sites excluding steroid dienone is 3. The number of hydrogen-bond acceptors (Lipinski definition) is 6. The Kier molecular flexibility index (Phi) is 31.2. The van der Waals surface area contributed by atoms with Crippen LogP contribution in [0, 0.1) is 0 Å². The summed E-state index contributed by atoms with van der Waals surface area (Å²) >= 11 is 0. The van der Waals surface area contributed by atoms with Gasteiger partial charge in [-0.05, 0) is 112 Å². The van der Waals surface area contributed by atoms with Crippen molar-refractivity contribution in [3.8, 4) is 0 Å². The number of para-hydroxylation sites is 1. The van der Waals surface area contributed by atoms with E-state index in [2.05, 4.69) is 107 Å². The van der Waals surface area contributed by atoms with Gasteiger partial charge in [0, 0.05) is 18.8 Å². The van der Waals surface area contributed by atoms with Crippen molar-refractivity contribution in [3.63, 3.8) is 0 Å². The summed E-state index contributed by atoms with van der Waals surface area (Å²) in [4.78, 5) is 14.5. The van der Waals surface area contributed by atoms with Gasteiger partial charge < -0.3 is 28.7 Å². The Morgan fingerprint density at radius 1 is 0.413 bits per heavy atom. The normalized spacial score (nSPS) is 10.1. The van der Waals surface area contributed by atoms with Crippen molar-refractivity contribution in [1.82, 2.24) is 4.98 Å². The molecule has 0 bridgehead atoms. The Balaban J connectivity index is 0.000000231. The molecule has 0 aliphatic rings. The molecule has 0 aliphatic carbocycles. The van der Waals surface area contributed by atoms with Gasteiger partial charge in [0.05, 0.1) is 59.4 Å². The van der Waals surface area contributed by atoms with Crippen molar-refractivity contribution >= 4 is 61.3 Å². The van der Waals surface area contributed by atoms with Crippen LogP contribution in [0.1, 0.15) is 47.8 Å². The summed E-state index contributed by atoms with van der Waals surface area (Å²) in [6, 6.07) is 75.1. The fourth-order valence-corrected chi connectivity index (χ4v) is 6.69. The number of esters is 1. The monoisotopic (exact) mass is 1000 g/mol. The quantitative estimate of drug-likeness (QED) is 0.0928. The highest BCUT2D eigenvalue weighted by atomic mass is 16.5. The molecule has 75 heavy (non-hydrogen) atoms. The predicted octanol–water partition coefficient (Wildman–Crippen LogP) is 18.0. The number of ether oxygens (including phenoxy) is 5. The number of carbonyl (C=O) groups is 1. The van der Waals surface area contributed by atoms with E-state index in [0.29, 0.717) is 12.2 Å². The van der Waals surface area contributed by atoms with Crippen LogP contribution in [0.5, 0.6) is 0 Å². The van der Waals surface area contributed by atoms with Gasteiger partial charge in [-0.25, -0.2) is 4.79 Å². The molecule has 0 saturated carbocycles. The number of methoxy groups -OCH3 is 5. The van der Waals surface area contributed by atoms with Crippen LogP contribution in [-0.4, -0.2) is 46.5 Å². The fraction of sp³-hybridized carbons (Fsp3) is 0.132. The minimum Gasteiger partial charge on any atom is -0.505 e. The van der Waals surface area contributed by atoms with E-state index >= 15 is 0 Å². The first-order chi connectivity index (χ1) is 36.8. The van der Waals surface area contributed by atoms with Crippen LogP contribution >= 0.6 is 0 Å². The van der Waals surface area contributed by atoms with E-state index in [9.17, 15) is 4.79 Å². The smallest absolute Gasteiger partial charge is 0.338 e. The molecule has 0 atom stereocenters. The van der Waals surface area contributed by atoms with E-state index < -0.39 is 0 Å². The van der Waals surface area contributed by atoms with Crippen molar-refractivity contribution in [3.05, 3.63) is 290 Å². The van der Waals surface area contributed by atoms with Gasteiger partial charge in [0.2, 0.25) is 0 Å². The van der Waals surface area contributed by atoms with E-state index in [1.54, 1.807) is 53.3 Å². The first-order valence-corrected chi connectivity index (χ1v) is 24.5. The highest BCUT2D eigenvalue weighted by molar-refractivity contribution is 6.04. The van der Waals surface area contributed by atoms with Crippen LogP contribution in [0.25, 0.3) is 55.4 Å². The molecule has 0 radical (unpaired) electrons. The standard InChI is InChI=1S/C13H12O.C12H10O2.C10H8.C9H10O.C8H7N.C8H10O.C4H8O.C4H8/c1-14-9-8-11-6-7-12-4-2-3-5-13(12)10-11;1-14-12(13)11-8-4-6-9-5-2-3-7-10(9)11;1-2-6-10-8-4-3-7-9(10)5-1;1-10-8-7-9-5-3-2-4-6-9;1-2-4-8-7(3-1)5-6-9-8;1-9-7-8-5-3-2-4-6-8;1-3-4-5-2;1-3-4-2/h2-10H,1H3;2-8H,1H3;1-8H;2-8H,1H3;1-6,9H;2-6H,7H2,1H3;3-4H,1-2H3;3-4H,1-2H3. The van der Waals surface area contributed by atoms with Gasteiger partial charge in [-0.2, -0.15) is 0 Å². The third-order valence-corrected chi connectivity index (χ3v) is 10.4. The van der Waals surface area contributed by atoms with Crippen molar-refractivity contribution in [1.29, 1.82) is 0 Å². The third kappa shape index (κ3) is 24.4. The van der Waals surface area contributed by atoms with Gasteiger partial charge in [0.25, 0.3) is 0 Å². The van der Waals surface area contributed by atoms with Crippen molar-refractivity contribution in [2.24, 2.45) is 0 Å². The number of aromatic amines is 1. The number of carbonyl (C=O) groups excluding carboxylic acids is 1. The van der Waals surface area contributed by atoms with Crippen molar-refractivity contribution in [2.45, 2.75) is 27.4 Å². The summed E-state index contributed by atoms with van der Waals surface area (Å²) in [5.41, 5.74) is 5.36. The lowest BCUT2D eigenvalue weighted by Gasteiger charge is -2.03. The molecule has 0 saturated heterocycles. The summed E-state index contributed by atoms with van der Waals surface area (Å²) < 4.78 is 23.8. The maximum atomic E-state index is 11.4. The number of H-pyrrole nitrogens is 1. The number of nitrogens with one attached hydrogen (secondary N) is 1. The van der Waals surface area contributed by atoms with Crippen LogP contribution in [-0.2, 0) is 30.3 Å². The Bertz CT molecular complexity index is 3070. The first kappa shape index (κ1) is 60.4. The lowest BCUT2D eigenvalue weighted by molar-refractivity contribution is 0.0603. The zero-order chi connectivity index (χ0) is 54.0. The number of aromatic nitrogens is 1. The molecule has 0 spiro atoms. The number of hydrogen-bond donors (Lipinski definition) is 1. The number of benzene rings is 9. The summed E-state index contributed by atoms with van der Waals surface area (Å²) in [6.45, 7) is 6.62. The second kappa shape index (κ2) is 38.7. The number of fused-ring (bicyclic) bond motifs is 4. The van der Waals surface area contributed by atoms with E-state index in [0.717, 1.165) is 21.9 Å². The zero-order valence-corrected chi connectivity index (χ0v) is 44.7. The summed E-state index contributed by atoms with van der Waals surface area (Å²) in [5.74, 6) is -0.290. The zero-order valence-electron chi connectivity index (χ0n) is 44.7. The predicted molar refractivity (Wildman–Crippen MR) is 319 cm³/mol. The maximum Gasteiger partial charge on any atom is 0.338 e. The van der Waals surface area contributed by atoms with E-state index in [-0.39, 0.29) is 5.97 Å². The molecule has 9 aromatic carbocycles. The van der Waals surface area contributed by atoms with Gasteiger partial charge in [-0.15, -0.1) is 0 Å². The minimum absolute atomic E-state index is 0.290. The molecule has 386 valence electrons. The van der Waals surface area contributed by atoms with E-state index in [1.165, 1.54) is 45.1 Å².